The number of halogens is 1. The van der Waals surface area contributed by atoms with Gasteiger partial charge >= 0.3 is 5.97 Å². The summed E-state index contributed by atoms with van der Waals surface area (Å²) in [4.78, 5) is 22.4. The van der Waals surface area contributed by atoms with Crippen molar-refractivity contribution in [3.05, 3.63) is 35.9 Å². The number of esters is 1. The van der Waals surface area contributed by atoms with Crippen LogP contribution in [0.5, 0.6) is 0 Å². The van der Waals surface area contributed by atoms with Crippen molar-refractivity contribution in [2.75, 3.05) is 13.1 Å². The lowest BCUT2D eigenvalue weighted by atomic mass is 10.2. The van der Waals surface area contributed by atoms with E-state index < -0.39 is 0 Å². The molecule has 0 saturated heterocycles. The number of hydrogen-bond donors (Lipinski definition) is 2. The summed E-state index contributed by atoms with van der Waals surface area (Å²) in [6.07, 6.45) is 0.447. The number of nitrogens with one attached hydrogen (secondary N) is 1. The van der Waals surface area contributed by atoms with E-state index in [9.17, 15) is 9.59 Å². The van der Waals surface area contributed by atoms with Crippen LogP contribution in [0.25, 0.3) is 0 Å². The summed E-state index contributed by atoms with van der Waals surface area (Å²) in [5.41, 5.74) is 6.16. The fraction of sp³-hybridized carbons (Fsp3) is 0.385. The zero-order valence-corrected chi connectivity index (χ0v) is 11.4. The van der Waals surface area contributed by atoms with Crippen LogP contribution in [-0.4, -0.2) is 25.0 Å². The van der Waals surface area contributed by atoms with Gasteiger partial charge in [0, 0.05) is 19.5 Å². The fourth-order valence-electron chi connectivity index (χ4n) is 1.33. The van der Waals surface area contributed by atoms with Gasteiger partial charge in [-0.2, -0.15) is 0 Å². The second-order valence-electron chi connectivity index (χ2n) is 3.78. The highest BCUT2D eigenvalue weighted by Crippen LogP contribution is 2.01. The zero-order valence-electron chi connectivity index (χ0n) is 10.6. The number of benzene rings is 1. The number of carbonyl (C=O) groups is 2. The molecule has 0 unspecified atom stereocenters. The van der Waals surface area contributed by atoms with Crippen LogP contribution >= 0.6 is 12.4 Å². The van der Waals surface area contributed by atoms with Crippen molar-refractivity contribution >= 4 is 24.3 Å². The number of nitrogens with two attached hydrogens (primary N) is 1. The first-order valence-electron chi connectivity index (χ1n) is 5.88. The molecule has 1 rings (SSSR count). The molecule has 6 heteroatoms. The van der Waals surface area contributed by atoms with E-state index >= 15 is 0 Å². The molecular formula is C13H19ClN2O3. The molecule has 5 nitrogen and oxygen atoms in total. The van der Waals surface area contributed by atoms with E-state index in [1.807, 2.05) is 30.3 Å². The molecule has 0 saturated carbocycles. The number of carbonyl (C=O) groups excluding carboxylic acids is 2. The third-order valence-electron chi connectivity index (χ3n) is 2.27. The molecule has 0 aliphatic heterocycles. The predicted octanol–water partition coefficient (Wildman–Crippen LogP) is 1.01. The molecule has 0 aliphatic rings. The van der Waals surface area contributed by atoms with E-state index in [-0.39, 0.29) is 50.3 Å². The van der Waals surface area contributed by atoms with Crippen LogP contribution < -0.4 is 11.1 Å². The van der Waals surface area contributed by atoms with Crippen LogP contribution in [0, 0.1) is 0 Å². The van der Waals surface area contributed by atoms with E-state index in [4.69, 9.17) is 10.5 Å². The van der Waals surface area contributed by atoms with Crippen LogP contribution in [0.3, 0.4) is 0 Å². The van der Waals surface area contributed by atoms with Gasteiger partial charge in [-0.3, -0.25) is 9.59 Å². The zero-order chi connectivity index (χ0) is 13.2. The van der Waals surface area contributed by atoms with E-state index in [0.717, 1.165) is 5.56 Å². The molecule has 106 valence electrons. The maximum atomic E-state index is 11.4. The fourth-order valence-corrected chi connectivity index (χ4v) is 1.33. The summed E-state index contributed by atoms with van der Waals surface area (Å²) in [5, 5.41) is 2.59. The van der Waals surface area contributed by atoms with Crippen LogP contribution in [-0.2, 0) is 20.9 Å². The largest absolute Gasteiger partial charge is 0.461 e. The molecule has 0 fully saturated rings. The van der Waals surface area contributed by atoms with E-state index in [0.29, 0.717) is 6.54 Å². The lowest BCUT2D eigenvalue weighted by Crippen LogP contribution is -2.28. The van der Waals surface area contributed by atoms with Gasteiger partial charge in [-0.15, -0.1) is 12.4 Å². The molecule has 0 radical (unpaired) electrons. The average Bonchev–Trinajstić information content (AvgIpc) is 2.38. The highest BCUT2D eigenvalue weighted by molar-refractivity contribution is 5.85. The molecule has 0 heterocycles. The summed E-state index contributed by atoms with van der Waals surface area (Å²) in [6.45, 7) is 0.854. The lowest BCUT2D eigenvalue weighted by molar-refractivity contribution is -0.144. The molecule has 1 amide bonds. The molecule has 0 bridgehead atoms. The van der Waals surface area contributed by atoms with Crippen LogP contribution in [0.15, 0.2) is 30.3 Å². The first-order valence-corrected chi connectivity index (χ1v) is 5.88. The molecule has 3 N–H and O–H groups in total. The summed E-state index contributed by atoms with van der Waals surface area (Å²) < 4.78 is 5.05. The molecule has 1 aromatic rings. The molecular weight excluding hydrogens is 268 g/mol. The number of rotatable bonds is 7. The Bertz CT molecular complexity index is 385. The van der Waals surface area contributed by atoms with Gasteiger partial charge in [-0.25, -0.2) is 0 Å². The highest BCUT2D eigenvalue weighted by Gasteiger charge is 2.04. The monoisotopic (exact) mass is 286 g/mol. The Morgan fingerprint density at radius 1 is 1.16 bits per heavy atom. The van der Waals surface area contributed by atoms with E-state index in [2.05, 4.69) is 5.32 Å². The van der Waals surface area contributed by atoms with Gasteiger partial charge in [-0.1, -0.05) is 30.3 Å². The maximum absolute atomic E-state index is 11.4. The predicted molar refractivity (Wildman–Crippen MR) is 74.8 cm³/mol. The number of ether oxygens (including phenoxy) is 1. The number of hydrogen-bond acceptors (Lipinski definition) is 4. The van der Waals surface area contributed by atoms with Gasteiger partial charge in [0.05, 0.1) is 6.42 Å². The maximum Gasteiger partial charge on any atom is 0.307 e. The second kappa shape index (κ2) is 10.3. The Hall–Kier alpha value is -1.59. The Morgan fingerprint density at radius 3 is 2.47 bits per heavy atom. The molecule has 19 heavy (non-hydrogen) atoms. The summed E-state index contributed by atoms with van der Waals surface area (Å²) in [6, 6.07) is 9.44. The van der Waals surface area contributed by atoms with Gasteiger partial charge in [-0.05, 0) is 5.56 Å². The SMILES string of the molecule is Cl.NCCC(=O)NCCC(=O)OCc1ccccc1. The van der Waals surface area contributed by atoms with Gasteiger partial charge < -0.3 is 15.8 Å². The summed E-state index contributed by atoms with van der Waals surface area (Å²) in [5.74, 6) is -0.472. The summed E-state index contributed by atoms with van der Waals surface area (Å²) >= 11 is 0. The molecule has 0 spiro atoms. The quantitative estimate of drug-likeness (QED) is 0.733. The van der Waals surface area contributed by atoms with E-state index in [1.165, 1.54) is 0 Å². The molecule has 1 aromatic carbocycles. The standard InChI is InChI=1S/C13H18N2O3.ClH/c14-8-6-12(16)15-9-7-13(17)18-10-11-4-2-1-3-5-11;/h1-5H,6-10,14H2,(H,15,16);1H. The van der Waals surface area contributed by atoms with Gasteiger partial charge in [0.1, 0.15) is 6.61 Å². The minimum atomic E-state index is -0.327. The Balaban J connectivity index is 0.00000324. The van der Waals surface area contributed by atoms with Gasteiger partial charge in [0.15, 0.2) is 0 Å². The average molecular weight is 287 g/mol. The first kappa shape index (κ1) is 17.4. The van der Waals surface area contributed by atoms with Crippen molar-refractivity contribution < 1.29 is 14.3 Å². The van der Waals surface area contributed by atoms with Crippen molar-refractivity contribution in [1.29, 1.82) is 0 Å². The third kappa shape index (κ3) is 8.18. The minimum Gasteiger partial charge on any atom is -0.461 e. The third-order valence-corrected chi connectivity index (χ3v) is 2.27. The Labute approximate surface area is 118 Å². The van der Waals surface area contributed by atoms with Crippen LogP contribution in [0.4, 0.5) is 0 Å². The van der Waals surface area contributed by atoms with Crippen molar-refractivity contribution in [3.63, 3.8) is 0 Å². The smallest absolute Gasteiger partial charge is 0.307 e. The molecule has 0 aliphatic carbocycles. The van der Waals surface area contributed by atoms with Crippen molar-refractivity contribution in [2.24, 2.45) is 5.73 Å². The topological polar surface area (TPSA) is 81.4 Å². The minimum absolute atomic E-state index is 0. The highest BCUT2D eigenvalue weighted by atomic mass is 35.5. The van der Waals surface area contributed by atoms with Crippen molar-refractivity contribution in [2.45, 2.75) is 19.4 Å². The first-order chi connectivity index (χ1) is 8.72. The Kier molecular flexibility index (Phi) is 9.48. The van der Waals surface area contributed by atoms with Gasteiger partial charge in [0.25, 0.3) is 0 Å². The van der Waals surface area contributed by atoms with Crippen LogP contribution in [0.1, 0.15) is 18.4 Å². The van der Waals surface area contributed by atoms with E-state index in [1.54, 1.807) is 0 Å². The lowest BCUT2D eigenvalue weighted by Gasteiger charge is -2.06. The van der Waals surface area contributed by atoms with Crippen molar-refractivity contribution in [1.82, 2.24) is 5.32 Å². The van der Waals surface area contributed by atoms with Gasteiger partial charge in [0.2, 0.25) is 5.91 Å². The number of amides is 1. The molecule has 0 aromatic heterocycles. The Morgan fingerprint density at radius 2 is 1.84 bits per heavy atom. The van der Waals surface area contributed by atoms with Crippen molar-refractivity contribution in [3.8, 4) is 0 Å². The summed E-state index contributed by atoms with van der Waals surface area (Å²) in [7, 11) is 0. The second-order valence-corrected chi connectivity index (χ2v) is 3.78. The molecule has 0 atom stereocenters. The van der Waals surface area contributed by atoms with Crippen LogP contribution in [0.2, 0.25) is 0 Å². The normalized spacial score (nSPS) is 9.32.